The zero-order valence-corrected chi connectivity index (χ0v) is 15.0. The molecule has 2 aromatic carbocycles. The van der Waals surface area contributed by atoms with Crippen molar-refractivity contribution in [3.05, 3.63) is 71.2 Å². The molecular weight excluding hydrogens is 364 g/mol. The highest BCUT2D eigenvalue weighted by Crippen LogP contribution is 2.25. The summed E-state index contributed by atoms with van der Waals surface area (Å²) in [5.74, 6) is 1.39. The molecule has 0 saturated heterocycles. The Morgan fingerprint density at radius 3 is 1.48 bits per heavy atom. The van der Waals surface area contributed by atoms with E-state index in [0.717, 1.165) is 21.9 Å². The minimum Gasteiger partial charge on any atom is -0.457 e. The van der Waals surface area contributed by atoms with Gasteiger partial charge in [-0.2, -0.15) is 0 Å². The quantitative estimate of drug-likeness (QED) is 0.310. The number of furan rings is 2. The molecule has 4 rings (SSSR count). The Morgan fingerprint density at radius 2 is 1.11 bits per heavy atom. The Hall–Kier alpha value is -3.51. The van der Waals surface area contributed by atoms with Gasteiger partial charge in [0.05, 0.1) is 0 Å². The summed E-state index contributed by atoms with van der Waals surface area (Å²) >= 11 is 0. The predicted octanol–water partition coefficient (Wildman–Crippen LogP) is 4.34. The average molecular weight is 381 g/mol. The average Bonchev–Trinajstić information content (AvgIpc) is 3.21. The van der Waals surface area contributed by atoms with Gasteiger partial charge in [0.2, 0.25) is 0 Å². The van der Waals surface area contributed by atoms with E-state index in [0.29, 0.717) is 22.6 Å². The van der Waals surface area contributed by atoms with Crippen LogP contribution in [0.15, 0.2) is 57.4 Å². The third kappa shape index (κ3) is 3.56. The van der Waals surface area contributed by atoms with Crippen LogP contribution < -0.4 is 11.5 Å². The molecule has 27 heavy (non-hydrogen) atoms. The molecule has 0 unspecified atom stereocenters. The molecule has 7 heteroatoms. The van der Waals surface area contributed by atoms with Crippen molar-refractivity contribution in [3.63, 3.8) is 0 Å². The van der Waals surface area contributed by atoms with Crippen LogP contribution in [0.3, 0.4) is 0 Å². The molecule has 0 spiro atoms. The van der Waals surface area contributed by atoms with E-state index >= 15 is 0 Å². The first kappa shape index (κ1) is 18.3. The SMILES string of the molecule is Cl.N=C(N)c1ccc2oc(/C=C/c3cc4cc(C(=N)N)ccc4o3)cc2c1. The minimum atomic E-state index is 0. The summed E-state index contributed by atoms with van der Waals surface area (Å²) in [5.41, 5.74) is 13.8. The molecule has 0 aliphatic heterocycles. The van der Waals surface area contributed by atoms with Crippen molar-refractivity contribution in [3.8, 4) is 0 Å². The van der Waals surface area contributed by atoms with Gasteiger partial charge in [0, 0.05) is 21.9 Å². The summed E-state index contributed by atoms with van der Waals surface area (Å²) in [6.45, 7) is 0. The highest BCUT2D eigenvalue weighted by atomic mass is 35.5. The van der Waals surface area contributed by atoms with Gasteiger partial charge in [0.25, 0.3) is 0 Å². The van der Waals surface area contributed by atoms with E-state index in [1.54, 1.807) is 24.3 Å². The second-order valence-electron chi connectivity index (χ2n) is 5.96. The Morgan fingerprint density at radius 1 is 0.704 bits per heavy atom. The Kier molecular flexibility index (Phi) is 4.75. The minimum absolute atomic E-state index is 0. The summed E-state index contributed by atoms with van der Waals surface area (Å²) in [6, 6.07) is 14.5. The summed E-state index contributed by atoms with van der Waals surface area (Å²) in [7, 11) is 0. The summed E-state index contributed by atoms with van der Waals surface area (Å²) in [4.78, 5) is 0. The molecule has 0 saturated carbocycles. The van der Waals surface area contributed by atoms with E-state index < -0.39 is 0 Å². The van der Waals surface area contributed by atoms with Gasteiger partial charge in [-0.25, -0.2) is 0 Å². The van der Waals surface area contributed by atoms with E-state index in [2.05, 4.69) is 0 Å². The fourth-order valence-electron chi connectivity index (χ4n) is 2.79. The van der Waals surface area contributed by atoms with E-state index in [4.69, 9.17) is 31.1 Å². The number of nitrogen functional groups attached to an aromatic ring is 2. The van der Waals surface area contributed by atoms with Gasteiger partial charge in [-0.1, -0.05) is 0 Å². The molecule has 0 atom stereocenters. The van der Waals surface area contributed by atoms with Crippen LogP contribution in [0, 0.1) is 10.8 Å². The number of amidine groups is 2. The predicted molar refractivity (Wildman–Crippen MR) is 111 cm³/mol. The van der Waals surface area contributed by atoms with Crippen molar-refractivity contribution in [1.82, 2.24) is 0 Å². The summed E-state index contributed by atoms with van der Waals surface area (Å²) < 4.78 is 11.5. The molecule has 0 radical (unpaired) electrons. The largest absolute Gasteiger partial charge is 0.457 e. The van der Waals surface area contributed by atoms with Gasteiger partial charge < -0.3 is 20.3 Å². The van der Waals surface area contributed by atoms with E-state index in [-0.39, 0.29) is 24.1 Å². The van der Waals surface area contributed by atoms with Crippen LogP contribution in [0.2, 0.25) is 0 Å². The normalized spacial score (nSPS) is 11.1. The van der Waals surface area contributed by atoms with Crippen molar-refractivity contribution in [1.29, 1.82) is 10.8 Å². The maximum Gasteiger partial charge on any atom is 0.134 e. The number of hydrogen-bond donors (Lipinski definition) is 4. The summed E-state index contributed by atoms with van der Waals surface area (Å²) in [6.07, 6.45) is 3.63. The van der Waals surface area contributed by atoms with Crippen LogP contribution >= 0.6 is 12.4 Å². The molecule has 6 N–H and O–H groups in total. The third-order valence-corrected chi connectivity index (χ3v) is 4.10. The number of halogens is 1. The first-order valence-electron chi connectivity index (χ1n) is 7.94. The molecule has 6 nitrogen and oxygen atoms in total. The molecule has 0 fully saturated rings. The summed E-state index contributed by atoms with van der Waals surface area (Å²) in [5, 5.41) is 16.8. The molecule has 0 bridgehead atoms. The van der Waals surface area contributed by atoms with Crippen LogP contribution in [0.5, 0.6) is 0 Å². The smallest absolute Gasteiger partial charge is 0.134 e. The molecule has 136 valence electrons. The lowest BCUT2D eigenvalue weighted by Crippen LogP contribution is -2.10. The maximum atomic E-state index is 7.50. The van der Waals surface area contributed by atoms with E-state index in [1.807, 2.05) is 36.4 Å². The number of benzene rings is 2. The second-order valence-corrected chi connectivity index (χ2v) is 5.96. The van der Waals surface area contributed by atoms with Crippen molar-refractivity contribution < 1.29 is 8.83 Å². The van der Waals surface area contributed by atoms with E-state index in [9.17, 15) is 0 Å². The Balaban J connectivity index is 0.00000210. The van der Waals surface area contributed by atoms with Crippen LogP contribution in [0.1, 0.15) is 22.6 Å². The number of nitrogens with one attached hydrogen (secondary N) is 2. The fourth-order valence-corrected chi connectivity index (χ4v) is 2.79. The van der Waals surface area contributed by atoms with Gasteiger partial charge >= 0.3 is 0 Å². The van der Waals surface area contributed by atoms with Gasteiger partial charge in [-0.05, 0) is 60.7 Å². The molecular formula is C20H17ClN4O2. The number of hydrogen-bond acceptors (Lipinski definition) is 4. The molecule has 0 aliphatic rings. The zero-order valence-electron chi connectivity index (χ0n) is 14.2. The Bertz CT molecular complexity index is 1110. The highest BCUT2D eigenvalue weighted by Gasteiger charge is 2.06. The highest BCUT2D eigenvalue weighted by molar-refractivity contribution is 5.99. The topological polar surface area (TPSA) is 126 Å². The number of nitrogens with two attached hydrogens (primary N) is 2. The molecule has 2 aromatic heterocycles. The van der Waals surface area contributed by atoms with E-state index in [1.165, 1.54) is 0 Å². The first-order valence-corrected chi connectivity index (χ1v) is 7.94. The zero-order chi connectivity index (χ0) is 18.3. The van der Waals surface area contributed by atoms with Gasteiger partial charge in [-0.15, -0.1) is 12.4 Å². The van der Waals surface area contributed by atoms with Crippen LogP contribution in [0.25, 0.3) is 34.1 Å². The first-order chi connectivity index (χ1) is 12.5. The molecule has 2 heterocycles. The standard InChI is InChI=1S/C20H16N4O2.ClH/c21-19(22)11-1-5-17-13(7-11)9-15(25-17)3-4-16-10-14-8-12(20(23)24)2-6-18(14)26-16;/h1-10H,(H3,21,22)(H3,23,24);1H/b4-3+;. The number of fused-ring (bicyclic) bond motifs is 2. The number of rotatable bonds is 4. The van der Waals surface area contributed by atoms with Crippen LogP contribution in [0.4, 0.5) is 0 Å². The van der Waals surface area contributed by atoms with Gasteiger partial charge in [0.15, 0.2) is 0 Å². The monoisotopic (exact) mass is 380 g/mol. The lowest BCUT2D eigenvalue weighted by Gasteiger charge is -1.95. The second kappa shape index (κ2) is 7.01. The van der Waals surface area contributed by atoms with Gasteiger partial charge in [0.1, 0.15) is 34.4 Å². The van der Waals surface area contributed by atoms with Crippen molar-refractivity contribution in [2.75, 3.05) is 0 Å². The Labute approximate surface area is 160 Å². The molecule has 4 aromatic rings. The van der Waals surface area contributed by atoms with Crippen molar-refractivity contribution in [2.24, 2.45) is 11.5 Å². The van der Waals surface area contributed by atoms with Crippen LogP contribution in [-0.4, -0.2) is 11.7 Å². The lowest BCUT2D eigenvalue weighted by molar-refractivity contribution is 0.599. The van der Waals surface area contributed by atoms with Gasteiger partial charge in [-0.3, -0.25) is 10.8 Å². The van der Waals surface area contributed by atoms with Crippen molar-refractivity contribution >= 4 is 58.2 Å². The molecule has 0 amide bonds. The third-order valence-electron chi connectivity index (χ3n) is 4.10. The fraction of sp³-hybridized carbons (Fsp3) is 0. The maximum absolute atomic E-state index is 7.50. The lowest BCUT2D eigenvalue weighted by atomic mass is 10.1. The molecule has 0 aliphatic carbocycles. The van der Waals surface area contributed by atoms with Crippen LogP contribution in [-0.2, 0) is 0 Å². The van der Waals surface area contributed by atoms with Crippen molar-refractivity contribution in [2.45, 2.75) is 0 Å².